The van der Waals surface area contributed by atoms with Gasteiger partial charge in [-0.3, -0.25) is 0 Å². The fourth-order valence-electron chi connectivity index (χ4n) is 1.80. The minimum absolute atomic E-state index is 0.0446. The van der Waals surface area contributed by atoms with Gasteiger partial charge in [0.1, 0.15) is 0 Å². The Morgan fingerprint density at radius 3 is 2.65 bits per heavy atom. The molecule has 0 radical (unpaired) electrons. The average molecular weight is 347 g/mol. The summed E-state index contributed by atoms with van der Waals surface area (Å²) >= 11 is 2.35. The van der Waals surface area contributed by atoms with Gasteiger partial charge in [0.05, 0.1) is 5.60 Å². The lowest BCUT2D eigenvalue weighted by Crippen LogP contribution is -2.26. The lowest BCUT2D eigenvalue weighted by molar-refractivity contribution is 0.0118. The molecule has 1 rings (SSSR count). The summed E-state index contributed by atoms with van der Waals surface area (Å²) < 4.78 is 6.75. The van der Waals surface area contributed by atoms with Gasteiger partial charge in [0.15, 0.2) is 0 Å². The molecule has 1 atom stereocenters. The molecule has 3 heteroatoms. The molecular formula is C14H22INO. The molecule has 0 saturated carbocycles. The van der Waals surface area contributed by atoms with Gasteiger partial charge in [0.2, 0.25) is 0 Å². The highest BCUT2D eigenvalue weighted by atomic mass is 127. The van der Waals surface area contributed by atoms with Crippen LogP contribution in [0.25, 0.3) is 0 Å². The Morgan fingerprint density at radius 1 is 1.41 bits per heavy atom. The van der Waals surface area contributed by atoms with Crippen molar-refractivity contribution in [3.8, 4) is 0 Å². The standard InChI is InChI=1S/C14H22INO/c1-14(2,17-4)9-8-13(16-3)11-6-5-7-12(15)10-11/h5-7,10,13,16H,8-9H2,1-4H3. The number of ether oxygens (including phenoxy) is 1. The zero-order chi connectivity index (χ0) is 12.9. The highest BCUT2D eigenvalue weighted by molar-refractivity contribution is 14.1. The summed E-state index contributed by atoms with van der Waals surface area (Å²) in [5.74, 6) is 0. The van der Waals surface area contributed by atoms with Crippen molar-refractivity contribution >= 4 is 22.6 Å². The molecule has 17 heavy (non-hydrogen) atoms. The first-order valence-electron chi connectivity index (χ1n) is 5.96. The minimum atomic E-state index is -0.0446. The molecule has 0 spiro atoms. The van der Waals surface area contributed by atoms with Crippen molar-refractivity contribution in [2.45, 2.75) is 38.3 Å². The summed E-state index contributed by atoms with van der Waals surface area (Å²) in [4.78, 5) is 0. The van der Waals surface area contributed by atoms with E-state index in [4.69, 9.17) is 4.74 Å². The molecule has 0 aliphatic heterocycles. The lowest BCUT2D eigenvalue weighted by atomic mass is 9.95. The number of methoxy groups -OCH3 is 1. The van der Waals surface area contributed by atoms with Crippen molar-refractivity contribution in [3.05, 3.63) is 33.4 Å². The van der Waals surface area contributed by atoms with Crippen molar-refractivity contribution in [1.29, 1.82) is 0 Å². The quantitative estimate of drug-likeness (QED) is 0.792. The maximum atomic E-state index is 5.46. The molecule has 0 saturated heterocycles. The smallest absolute Gasteiger partial charge is 0.0623 e. The maximum absolute atomic E-state index is 5.46. The van der Waals surface area contributed by atoms with E-state index < -0.39 is 0 Å². The first-order valence-corrected chi connectivity index (χ1v) is 7.04. The van der Waals surface area contributed by atoms with E-state index in [1.54, 1.807) is 7.11 Å². The van der Waals surface area contributed by atoms with Crippen LogP contribution in [0.2, 0.25) is 0 Å². The van der Waals surface area contributed by atoms with Crippen LogP contribution in [-0.4, -0.2) is 19.8 Å². The summed E-state index contributed by atoms with van der Waals surface area (Å²) in [6, 6.07) is 9.06. The van der Waals surface area contributed by atoms with Crippen molar-refractivity contribution in [3.63, 3.8) is 0 Å². The van der Waals surface area contributed by atoms with Crippen LogP contribution in [0.5, 0.6) is 0 Å². The predicted octanol–water partition coefficient (Wildman–Crippen LogP) is 3.76. The molecule has 0 aliphatic carbocycles. The minimum Gasteiger partial charge on any atom is -0.379 e. The first-order chi connectivity index (χ1) is 7.98. The fraction of sp³-hybridized carbons (Fsp3) is 0.571. The van der Waals surface area contributed by atoms with E-state index in [2.05, 4.69) is 66.0 Å². The normalized spacial score (nSPS) is 13.7. The third-order valence-corrected chi connectivity index (χ3v) is 3.86. The monoisotopic (exact) mass is 347 g/mol. The number of benzene rings is 1. The van der Waals surface area contributed by atoms with Gasteiger partial charge in [-0.15, -0.1) is 0 Å². The van der Waals surface area contributed by atoms with Crippen LogP contribution in [0.15, 0.2) is 24.3 Å². The SMILES string of the molecule is CNC(CCC(C)(C)OC)c1cccc(I)c1. The second-order valence-electron chi connectivity index (χ2n) is 4.90. The van der Waals surface area contributed by atoms with Gasteiger partial charge in [0, 0.05) is 16.7 Å². The Bertz CT molecular complexity index is 352. The fourth-order valence-corrected chi connectivity index (χ4v) is 2.36. The van der Waals surface area contributed by atoms with E-state index in [1.165, 1.54) is 9.13 Å². The van der Waals surface area contributed by atoms with E-state index in [0.29, 0.717) is 6.04 Å². The molecule has 1 unspecified atom stereocenters. The van der Waals surface area contributed by atoms with E-state index in [-0.39, 0.29) is 5.60 Å². The summed E-state index contributed by atoms with van der Waals surface area (Å²) in [6.45, 7) is 4.27. The van der Waals surface area contributed by atoms with Gasteiger partial charge < -0.3 is 10.1 Å². The molecule has 0 aliphatic rings. The van der Waals surface area contributed by atoms with Crippen LogP contribution >= 0.6 is 22.6 Å². The lowest BCUT2D eigenvalue weighted by Gasteiger charge is -2.26. The Balaban J connectivity index is 2.66. The Kier molecular flexibility index (Phi) is 5.89. The Morgan fingerprint density at radius 2 is 2.12 bits per heavy atom. The van der Waals surface area contributed by atoms with Gasteiger partial charge >= 0.3 is 0 Å². The number of hydrogen-bond acceptors (Lipinski definition) is 2. The molecule has 96 valence electrons. The summed E-state index contributed by atoms with van der Waals surface area (Å²) in [5, 5.41) is 3.38. The van der Waals surface area contributed by atoms with Gasteiger partial charge in [0.25, 0.3) is 0 Å². The van der Waals surface area contributed by atoms with Crippen LogP contribution in [0, 0.1) is 3.57 Å². The first kappa shape index (κ1) is 14.9. The largest absolute Gasteiger partial charge is 0.379 e. The molecular weight excluding hydrogens is 325 g/mol. The molecule has 0 heterocycles. The van der Waals surface area contributed by atoms with Gasteiger partial charge in [-0.25, -0.2) is 0 Å². The van der Waals surface area contributed by atoms with E-state index in [9.17, 15) is 0 Å². The van der Waals surface area contributed by atoms with Crippen LogP contribution in [0.3, 0.4) is 0 Å². The number of hydrogen-bond donors (Lipinski definition) is 1. The molecule has 0 amide bonds. The second-order valence-corrected chi connectivity index (χ2v) is 6.14. The number of rotatable bonds is 6. The third kappa shape index (κ3) is 4.94. The summed E-state index contributed by atoms with van der Waals surface area (Å²) in [6.07, 6.45) is 2.12. The maximum Gasteiger partial charge on any atom is 0.0623 e. The molecule has 1 aromatic rings. The van der Waals surface area contributed by atoms with Crippen molar-refractivity contribution in [2.24, 2.45) is 0 Å². The van der Waals surface area contributed by atoms with Gasteiger partial charge in [-0.05, 0) is 74.0 Å². The second kappa shape index (κ2) is 6.71. The molecule has 1 aromatic carbocycles. The summed E-state index contributed by atoms with van der Waals surface area (Å²) in [5.41, 5.74) is 1.31. The third-order valence-electron chi connectivity index (χ3n) is 3.19. The molecule has 0 aromatic heterocycles. The molecule has 0 bridgehead atoms. The highest BCUT2D eigenvalue weighted by Gasteiger charge is 2.19. The van der Waals surface area contributed by atoms with Crippen LogP contribution < -0.4 is 5.32 Å². The van der Waals surface area contributed by atoms with Gasteiger partial charge in [-0.1, -0.05) is 12.1 Å². The Hall–Kier alpha value is -0.130. The topological polar surface area (TPSA) is 21.3 Å². The number of nitrogens with one attached hydrogen (secondary N) is 1. The summed E-state index contributed by atoms with van der Waals surface area (Å²) in [7, 11) is 3.80. The van der Waals surface area contributed by atoms with Crippen LogP contribution in [0.1, 0.15) is 38.3 Å². The molecule has 1 N–H and O–H groups in total. The Labute approximate surface area is 118 Å². The van der Waals surface area contributed by atoms with E-state index in [1.807, 2.05) is 7.05 Å². The molecule has 0 fully saturated rings. The van der Waals surface area contributed by atoms with Crippen LogP contribution in [0.4, 0.5) is 0 Å². The predicted molar refractivity (Wildman–Crippen MR) is 81.3 cm³/mol. The van der Waals surface area contributed by atoms with Crippen molar-refractivity contribution in [1.82, 2.24) is 5.32 Å². The van der Waals surface area contributed by atoms with Gasteiger partial charge in [-0.2, -0.15) is 0 Å². The zero-order valence-electron chi connectivity index (χ0n) is 11.1. The zero-order valence-corrected chi connectivity index (χ0v) is 13.2. The van der Waals surface area contributed by atoms with E-state index >= 15 is 0 Å². The van der Waals surface area contributed by atoms with E-state index in [0.717, 1.165) is 12.8 Å². The highest BCUT2D eigenvalue weighted by Crippen LogP contribution is 2.25. The average Bonchev–Trinajstić information content (AvgIpc) is 2.30. The van der Waals surface area contributed by atoms with Crippen molar-refractivity contribution in [2.75, 3.05) is 14.2 Å². The van der Waals surface area contributed by atoms with Crippen LogP contribution in [-0.2, 0) is 4.74 Å². The number of halogens is 1. The molecule has 2 nitrogen and oxygen atoms in total. The van der Waals surface area contributed by atoms with Crippen molar-refractivity contribution < 1.29 is 4.74 Å².